The quantitative estimate of drug-likeness (QED) is 0.495. The second kappa shape index (κ2) is 7.62. The van der Waals surface area contributed by atoms with Crippen LogP contribution < -0.4 is 0 Å². The van der Waals surface area contributed by atoms with Crippen LogP contribution in [0.3, 0.4) is 0 Å². The predicted octanol–water partition coefficient (Wildman–Crippen LogP) is 5.45. The maximum absolute atomic E-state index is 5.31. The van der Waals surface area contributed by atoms with Gasteiger partial charge in [-0.3, -0.25) is 0 Å². The third-order valence-corrected chi connectivity index (χ3v) is 4.28. The average Bonchev–Trinajstić information content (AvgIpc) is 3.00. The number of nitrogens with zero attached hydrogens (tertiary/aromatic N) is 3. The Bertz CT molecular complexity index is 971. The first-order chi connectivity index (χ1) is 12.4. The normalized spacial score (nSPS) is 12.3. The Morgan fingerprint density at radius 3 is 2.38 bits per heavy atom. The third kappa shape index (κ3) is 4.24. The van der Waals surface area contributed by atoms with Crippen LogP contribution in [0.4, 0.5) is 0 Å². The van der Waals surface area contributed by atoms with Crippen LogP contribution in [0, 0.1) is 4.77 Å². The van der Waals surface area contributed by atoms with Crippen molar-refractivity contribution in [2.45, 2.75) is 26.2 Å². The van der Waals surface area contributed by atoms with Gasteiger partial charge in [-0.2, -0.15) is 14.9 Å². The van der Waals surface area contributed by atoms with E-state index in [9.17, 15) is 0 Å². The number of hydrogen-bond acceptors (Lipinski definition) is 3. The predicted molar refractivity (Wildman–Crippen MR) is 111 cm³/mol. The smallest absolute Gasteiger partial charge is 0.216 e. The Morgan fingerprint density at radius 1 is 1.04 bits per heavy atom. The minimum Gasteiger partial charge on any atom is -0.250 e. The van der Waals surface area contributed by atoms with Crippen LogP contribution in [0.1, 0.15) is 31.9 Å². The molecule has 0 saturated heterocycles. The minimum absolute atomic E-state index is 0.115. The van der Waals surface area contributed by atoms with Gasteiger partial charge in [0.15, 0.2) is 5.82 Å². The molecule has 1 heterocycles. The van der Waals surface area contributed by atoms with E-state index in [0.717, 1.165) is 11.1 Å². The summed E-state index contributed by atoms with van der Waals surface area (Å²) in [5, 5.41) is 11.6. The first-order valence-corrected chi connectivity index (χ1v) is 8.90. The number of aromatic nitrogens is 3. The van der Waals surface area contributed by atoms with E-state index in [0.29, 0.717) is 10.6 Å². The van der Waals surface area contributed by atoms with E-state index >= 15 is 0 Å². The molecule has 1 N–H and O–H groups in total. The van der Waals surface area contributed by atoms with E-state index in [1.165, 1.54) is 5.56 Å². The van der Waals surface area contributed by atoms with E-state index in [1.54, 1.807) is 10.9 Å². The first-order valence-electron chi connectivity index (χ1n) is 8.49. The molecule has 0 radical (unpaired) electrons. The van der Waals surface area contributed by atoms with Gasteiger partial charge in [-0.1, -0.05) is 81.4 Å². The van der Waals surface area contributed by atoms with Gasteiger partial charge in [0.1, 0.15) is 0 Å². The second-order valence-electron chi connectivity index (χ2n) is 7.03. The van der Waals surface area contributed by atoms with Crippen molar-refractivity contribution in [1.29, 1.82) is 0 Å². The van der Waals surface area contributed by atoms with Crippen LogP contribution >= 0.6 is 12.2 Å². The Morgan fingerprint density at radius 2 is 1.73 bits per heavy atom. The van der Waals surface area contributed by atoms with Crippen LogP contribution in [-0.4, -0.2) is 21.1 Å². The fourth-order valence-electron chi connectivity index (χ4n) is 2.53. The van der Waals surface area contributed by atoms with Gasteiger partial charge in [0.25, 0.3) is 0 Å². The number of allylic oxidation sites excluding steroid dienone is 1. The lowest BCUT2D eigenvalue weighted by Crippen LogP contribution is -2.10. The summed E-state index contributed by atoms with van der Waals surface area (Å²) in [4.78, 5) is 0. The molecule has 2 aromatic carbocycles. The SMILES string of the molecule is CC(C)(C)c1ccc(-c2n[nH]c(=S)n2/N=C/C=C/c2ccccc2)cc1. The highest BCUT2D eigenvalue weighted by Crippen LogP contribution is 2.25. The zero-order chi connectivity index (χ0) is 18.6. The lowest BCUT2D eigenvalue weighted by molar-refractivity contribution is 0.590. The van der Waals surface area contributed by atoms with Crippen LogP contribution in [0.5, 0.6) is 0 Å². The summed E-state index contributed by atoms with van der Waals surface area (Å²) >= 11 is 5.31. The average molecular weight is 363 g/mol. The van der Waals surface area contributed by atoms with Gasteiger partial charge < -0.3 is 0 Å². The molecule has 132 valence electrons. The van der Waals surface area contributed by atoms with E-state index in [-0.39, 0.29) is 5.41 Å². The molecule has 5 heteroatoms. The summed E-state index contributed by atoms with van der Waals surface area (Å²) in [6, 6.07) is 18.4. The molecule has 1 aromatic heterocycles. The zero-order valence-electron chi connectivity index (χ0n) is 15.2. The van der Waals surface area contributed by atoms with Gasteiger partial charge >= 0.3 is 0 Å². The molecule has 3 aromatic rings. The highest BCUT2D eigenvalue weighted by Gasteiger charge is 2.14. The van der Waals surface area contributed by atoms with E-state index in [4.69, 9.17) is 12.2 Å². The van der Waals surface area contributed by atoms with Gasteiger partial charge in [0.2, 0.25) is 4.77 Å². The van der Waals surface area contributed by atoms with Crippen molar-refractivity contribution in [2.24, 2.45) is 5.10 Å². The molecule has 0 aliphatic carbocycles. The van der Waals surface area contributed by atoms with Gasteiger partial charge in [-0.05, 0) is 34.8 Å². The molecule has 0 aliphatic rings. The van der Waals surface area contributed by atoms with Crippen molar-refractivity contribution < 1.29 is 0 Å². The lowest BCUT2D eigenvalue weighted by Gasteiger charge is -2.18. The number of aromatic amines is 1. The van der Waals surface area contributed by atoms with Crippen LogP contribution in [0.2, 0.25) is 0 Å². The second-order valence-corrected chi connectivity index (χ2v) is 7.41. The molecular formula is C21H22N4S. The number of hydrogen-bond donors (Lipinski definition) is 1. The molecule has 0 spiro atoms. The minimum atomic E-state index is 0.115. The highest BCUT2D eigenvalue weighted by atomic mass is 32.1. The third-order valence-electron chi connectivity index (χ3n) is 4.02. The summed E-state index contributed by atoms with van der Waals surface area (Å²) in [7, 11) is 0. The summed E-state index contributed by atoms with van der Waals surface area (Å²) in [6.07, 6.45) is 5.59. The fraction of sp³-hybridized carbons (Fsp3) is 0.190. The molecule has 4 nitrogen and oxygen atoms in total. The zero-order valence-corrected chi connectivity index (χ0v) is 16.0. The Hall–Kier alpha value is -2.79. The molecule has 3 rings (SSSR count). The number of benzene rings is 2. The molecule has 0 amide bonds. The molecule has 0 unspecified atom stereocenters. The molecule has 0 atom stereocenters. The molecular weight excluding hydrogens is 340 g/mol. The van der Waals surface area contributed by atoms with Crippen molar-refractivity contribution in [3.05, 3.63) is 76.6 Å². The maximum Gasteiger partial charge on any atom is 0.216 e. The van der Waals surface area contributed by atoms with Crippen molar-refractivity contribution >= 4 is 24.5 Å². The molecule has 26 heavy (non-hydrogen) atoms. The van der Waals surface area contributed by atoms with Gasteiger partial charge in [0, 0.05) is 11.8 Å². The number of H-pyrrole nitrogens is 1. The molecule has 0 aliphatic heterocycles. The topological polar surface area (TPSA) is 46.0 Å². The monoisotopic (exact) mass is 362 g/mol. The van der Waals surface area contributed by atoms with Crippen LogP contribution in [0.25, 0.3) is 17.5 Å². The first kappa shape index (κ1) is 18.0. The van der Waals surface area contributed by atoms with Crippen molar-refractivity contribution in [1.82, 2.24) is 14.9 Å². The standard InChI is InChI=1S/C21H22N4S/c1-21(2,3)18-13-11-17(12-14-18)19-23-24-20(26)25(19)22-15-7-10-16-8-5-4-6-9-16/h4-15H,1-3H3,(H,24,26)/b10-7+,22-15+. The van der Waals surface area contributed by atoms with Gasteiger partial charge in [-0.15, -0.1) is 0 Å². The summed E-state index contributed by atoms with van der Waals surface area (Å²) in [5.41, 5.74) is 3.47. The molecule has 0 saturated carbocycles. The van der Waals surface area contributed by atoms with E-state index in [1.807, 2.05) is 42.5 Å². The van der Waals surface area contributed by atoms with Crippen LogP contribution in [0.15, 0.2) is 65.8 Å². The Balaban J connectivity index is 1.84. The van der Waals surface area contributed by atoms with Crippen molar-refractivity contribution in [3.63, 3.8) is 0 Å². The number of nitrogens with one attached hydrogen (secondary N) is 1. The largest absolute Gasteiger partial charge is 0.250 e. The maximum atomic E-state index is 5.31. The Labute approximate surface area is 158 Å². The lowest BCUT2D eigenvalue weighted by atomic mass is 9.87. The highest BCUT2D eigenvalue weighted by molar-refractivity contribution is 7.71. The molecule has 0 bridgehead atoms. The van der Waals surface area contributed by atoms with E-state index in [2.05, 4.69) is 60.3 Å². The summed E-state index contributed by atoms with van der Waals surface area (Å²) < 4.78 is 2.10. The van der Waals surface area contributed by atoms with Gasteiger partial charge in [0.05, 0.1) is 0 Å². The summed E-state index contributed by atoms with van der Waals surface area (Å²) in [5.74, 6) is 0.694. The number of rotatable bonds is 4. The van der Waals surface area contributed by atoms with Crippen molar-refractivity contribution in [3.8, 4) is 11.4 Å². The summed E-state index contributed by atoms with van der Waals surface area (Å²) in [6.45, 7) is 6.59. The fourth-order valence-corrected chi connectivity index (χ4v) is 2.71. The Kier molecular flexibility index (Phi) is 5.28. The molecule has 0 fully saturated rings. The van der Waals surface area contributed by atoms with Crippen LogP contribution in [-0.2, 0) is 5.41 Å². The van der Waals surface area contributed by atoms with Crippen molar-refractivity contribution in [2.75, 3.05) is 0 Å². The van der Waals surface area contributed by atoms with E-state index < -0.39 is 0 Å². The van der Waals surface area contributed by atoms with Gasteiger partial charge in [-0.25, -0.2) is 5.10 Å².